The van der Waals surface area contributed by atoms with Crippen LogP contribution in [0.2, 0.25) is 0 Å². The molecule has 0 spiro atoms. The normalized spacial score (nSPS) is 10.4. The Morgan fingerprint density at radius 2 is 1.80 bits per heavy atom. The molecular weight excluding hydrogens is 188 g/mol. The van der Waals surface area contributed by atoms with Crippen molar-refractivity contribution < 1.29 is 9.21 Å². The summed E-state index contributed by atoms with van der Waals surface area (Å²) in [7, 11) is 0. The molecule has 0 unspecified atom stereocenters. The van der Waals surface area contributed by atoms with Gasteiger partial charge in [0.2, 0.25) is 0 Å². The van der Waals surface area contributed by atoms with Crippen LogP contribution in [0.5, 0.6) is 0 Å². The number of ketones is 1. The fourth-order valence-corrected chi connectivity index (χ4v) is 1.65. The van der Waals surface area contributed by atoms with Crippen LogP contribution in [-0.2, 0) is 0 Å². The van der Waals surface area contributed by atoms with Crippen molar-refractivity contribution >= 4 is 5.78 Å². The molecule has 82 valence electrons. The summed E-state index contributed by atoms with van der Waals surface area (Å²) in [5.74, 6) is 1.73. The molecule has 0 saturated carbocycles. The Labute approximate surface area is 91.0 Å². The van der Waals surface area contributed by atoms with E-state index < -0.39 is 0 Å². The highest BCUT2D eigenvalue weighted by Gasteiger charge is 2.17. The van der Waals surface area contributed by atoms with E-state index in [-0.39, 0.29) is 5.78 Å². The summed E-state index contributed by atoms with van der Waals surface area (Å²) in [5, 5.41) is 0. The SMILES string of the molecule is C=C(C)CCC(=O)c1c(C)oc(C)c1C. The fourth-order valence-electron chi connectivity index (χ4n) is 1.65. The van der Waals surface area contributed by atoms with Gasteiger partial charge in [-0.1, -0.05) is 5.57 Å². The Balaban J connectivity index is 2.86. The molecule has 0 fully saturated rings. The number of carbonyl (C=O) groups excluding carboxylic acids is 1. The summed E-state index contributed by atoms with van der Waals surface area (Å²) in [6.45, 7) is 11.4. The smallest absolute Gasteiger partial charge is 0.166 e. The van der Waals surface area contributed by atoms with Crippen LogP contribution < -0.4 is 0 Å². The molecule has 0 aromatic carbocycles. The molecule has 0 amide bonds. The van der Waals surface area contributed by atoms with Gasteiger partial charge in [-0.05, 0) is 34.1 Å². The average Bonchev–Trinajstić information content (AvgIpc) is 2.37. The van der Waals surface area contributed by atoms with E-state index in [2.05, 4.69) is 6.58 Å². The number of hydrogen-bond acceptors (Lipinski definition) is 2. The zero-order valence-corrected chi connectivity index (χ0v) is 9.94. The minimum atomic E-state index is 0.157. The van der Waals surface area contributed by atoms with E-state index in [1.807, 2.05) is 27.7 Å². The van der Waals surface area contributed by atoms with Crippen LogP contribution >= 0.6 is 0 Å². The first-order valence-electron chi connectivity index (χ1n) is 5.17. The lowest BCUT2D eigenvalue weighted by atomic mass is 10.0. The Morgan fingerprint density at radius 1 is 1.20 bits per heavy atom. The number of furan rings is 1. The van der Waals surface area contributed by atoms with E-state index in [1.165, 1.54) is 0 Å². The van der Waals surface area contributed by atoms with Crippen molar-refractivity contribution in [1.29, 1.82) is 0 Å². The summed E-state index contributed by atoms with van der Waals surface area (Å²) < 4.78 is 5.43. The largest absolute Gasteiger partial charge is 0.466 e. The van der Waals surface area contributed by atoms with E-state index in [0.717, 1.165) is 34.6 Å². The van der Waals surface area contributed by atoms with Crippen LogP contribution in [0.3, 0.4) is 0 Å². The Morgan fingerprint density at radius 3 is 2.20 bits per heavy atom. The maximum absolute atomic E-state index is 11.9. The summed E-state index contributed by atoms with van der Waals surface area (Å²) in [5.41, 5.74) is 2.77. The lowest BCUT2D eigenvalue weighted by molar-refractivity contribution is 0.0981. The van der Waals surface area contributed by atoms with Gasteiger partial charge >= 0.3 is 0 Å². The first-order chi connectivity index (χ1) is 6.93. The average molecular weight is 206 g/mol. The molecule has 0 aliphatic carbocycles. The summed E-state index contributed by atoms with van der Waals surface area (Å²) in [4.78, 5) is 11.9. The Hall–Kier alpha value is -1.31. The number of allylic oxidation sites excluding steroid dienone is 1. The third-order valence-electron chi connectivity index (χ3n) is 2.62. The van der Waals surface area contributed by atoms with Crippen molar-refractivity contribution in [2.45, 2.75) is 40.5 Å². The topological polar surface area (TPSA) is 30.2 Å². The van der Waals surface area contributed by atoms with Crippen molar-refractivity contribution in [2.24, 2.45) is 0 Å². The van der Waals surface area contributed by atoms with Gasteiger partial charge < -0.3 is 4.42 Å². The van der Waals surface area contributed by atoms with Gasteiger partial charge in [0, 0.05) is 12.0 Å². The quantitative estimate of drug-likeness (QED) is 0.555. The maximum Gasteiger partial charge on any atom is 0.166 e. The van der Waals surface area contributed by atoms with E-state index in [4.69, 9.17) is 4.42 Å². The molecule has 2 heteroatoms. The molecule has 1 aromatic rings. The highest BCUT2D eigenvalue weighted by atomic mass is 16.3. The predicted molar refractivity (Wildman–Crippen MR) is 61.3 cm³/mol. The minimum Gasteiger partial charge on any atom is -0.466 e. The minimum absolute atomic E-state index is 0.157. The second-order valence-electron chi connectivity index (χ2n) is 4.09. The maximum atomic E-state index is 11.9. The van der Waals surface area contributed by atoms with Gasteiger partial charge in [-0.2, -0.15) is 0 Å². The number of Topliss-reactive ketones (excluding diaryl/α,β-unsaturated/α-hetero) is 1. The molecular formula is C13H18O2. The first kappa shape index (κ1) is 11.8. The third kappa shape index (κ3) is 2.58. The highest BCUT2D eigenvalue weighted by Crippen LogP contribution is 2.23. The van der Waals surface area contributed by atoms with Crippen LogP contribution in [0.1, 0.15) is 47.2 Å². The lowest BCUT2D eigenvalue weighted by Gasteiger charge is -2.00. The number of aryl methyl sites for hydroxylation is 2. The van der Waals surface area contributed by atoms with E-state index in [9.17, 15) is 4.79 Å². The van der Waals surface area contributed by atoms with Crippen molar-refractivity contribution in [3.63, 3.8) is 0 Å². The number of carbonyl (C=O) groups is 1. The first-order valence-corrected chi connectivity index (χ1v) is 5.17. The standard InChI is InChI=1S/C13H18O2/c1-8(2)6-7-12(14)13-9(3)10(4)15-11(13)5/h1,6-7H2,2-5H3. The second-order valence-corrected chi connectivity index (χ2v) is 4.09. The van der Waals surface area contributed by atoms with Crippen LogP contribution in [0.25, 0.3) is 0 Å². The fraction of sp³-hybridized carbons (Fsp3) is 0.462. The molecule has 0 atom stereocenters. The van der Waals surface area contributed by atoms with E-state index in [1.54, 1.807) is 0 Å². The van der Waals surface area contributed by atoms with Gasteiger partial charge in [-0.25, -0.2) is 0 Å². The van der Waals surface area contributed by atoms with Crippen LogP contribution in [0.15, 0.2) is 16.6 Å². The third-order valence-corrected chi connectivity index (χ3v) is 2.62. The Bertz CT molecular complexity index is 397. The van der Waals surface area contributed by atoms with Crippen LogP contribution in [0.4, 0.5) is 0 Å². The highest BCUT2D eigenvalue weighted by molar-refractivity contribution is 5.98. The van der Waals surface area contributed by atoms with E-state index in [0.29, 0.717) is 6.42 Å². The van der Waals surface area contributed by atoms with Gasteiger partial charge in [0.05, 0.1) is 5.56 Å². The molecule has 2 nitrogen and oxygen atoms in total. The second kappa shape index (κ2) is 4.47. The van der Waals surface area contributed by atoms with Crippen LogP contribution in [0, 0.1) is 20.8 Å². The monoisotopic (exact) mass is 206 g/mol. The van der Waals surface area contributed by atoms with Crippen molar-refractivity contribution in [3.05, 3.63) is 34.8 Å². The van der Waals surface area contributed by atoms with Crippen molar-refractivity contribution in [3.8, 4) is 0 Å². The predicted octanol–water partition coefficient (Wildman–Crippen LogP) is 3.74. The molecule has 1 aromatic heterocycles. The molecule has 15 heavy (non-hydrogen) atoms. The summed E-state index contributed by atoms with van der Waals surface area (Å²) in [6, 6.07) is 0. The zero-order valence-electron chi connectivity index (χ0n) is 9.94. The molecule has 0 bridgehead atoms. The summed E-state index contributed by atoms with van der Waals surface area (Å²) in [6.07, 6.45) is 1.28. The lowest BCUT2D eigenvalue weighted by Crippen LogP contribution is -2.01. The number of hydrogen-bond donors (Lipinski definition) is 0. The van der Waals surface area contributed by atoms with Crippen LogP contribution in [-0.4, -0.2) is 5.78 Å². The molecule has 1 heterocycles. The Kier molecular flexibility index (Phi) is 3.51. The van der Waals surface area contributed by atoms with Gasteiger partial charge in [0.15, 0.2) is 5.78 Å². The molecule has 0 aliphatic rings. The van der Waals surface area contributed by atoms with Gasteiger partial charge in [-0.15, -0.1) is 6.58 Å². The van der Waals surface area contributed by atoms with Gasteiger partial charge in [-0.3, -0.25) is 4.79 Å². The molecule has 0 aliphatic heterocycles. The number of rotatable bonds is 4. The molecule has 1 rings (SSSR count). The molecule has 0 radical (unpaired) electrons. The zero-order chi connectivity index (χ0) is 11.6. The molecule has 0 N–H and O–H groups in total. The molecule has 0 saturated heterocycles. The summed E-state index contributed by atoms with van der Waals surface area (Å²) >= 11 is 0. The van der Waals surface area contributed by atoms with Gasteiger partial charge in [0.25, 0.3) is 0 Å². The van der Waals surface area contributed by atoms with Gasteiger partial charge in [0.1, 0.15) is 11.5 Å². The van der Waals surface area contributed by atoms with Crippen molar-refractivity contribution in [2.75, 3.05) is 0 Å². The van der Waals surface area contributed by atoms with Crippen molar-refractivity contribution in [1.82, 2.24) is 0 Å². The van der Waals surface area contributed by atoms with E-state index >= 15 is 0 Å².